The summed E-state index contributed by atoms with van der Waals surface area (Å²) in [5.74, 6) is -0.306. The SMILES string of the molecule is CC(C)C1c2ncc(C(=O)NC[C@@H]3CCN(C(=O)OC(C)(C)C)C[C@H]3O)cc2CN1Cc1ccc(C(F)(F)F)cc1. The van der Waals surface area contributed by atoms with Crippen LogP contribution < -0.4 is 5.32 Å². The van der Waals surface area contributed by atoms with Crippen LogP contribution in [0.5, 0.6) is 0 Å². The van der Waals surface area contributed by atoms with E-state index in [0.717, 1.165) is 29.0 Å². The smallest absolute Gasteiger partial charge is 0.416 e. The van der Waals surface area contributed by atoms with Crippen LogP contribution in [0.15, 0.2) is 36.5 Å². The molecule has 8 nitrogen and oxygen atoms in total. The first kappa shape index (κ1) is 30.8. The summed E-state index contributed by atoms with van der Waals surface area (Å²) < 4.78 is 44.3. The largest absolute Gasteiger partial charge is 0.444 e. The van der Waals surface area contributed by atoms with Crippen molar-refractivity contribution in [2.75, 3.05) is 19.6 Å². The lowest BCUT2D eigenvalue weighted by Crippen LogP contribution is -2.50. The Morgan fingerprint density at radius 3 is 2.44 bits per heavy atom. The number of nitrogens with zero attached hydrogens (tertiary/aromatic N) is 3. The van der Waals surface area contributed by atoms with Crippen LogP contribution in [0.3, 0.4) is 0 Å². The van der Waals surface area contributed by atoms with Gasteiger partial charge in [0.15, 0.2) is 0 Å². The highest BCUT2D eigenvalue weighted by molar-refractivity contribution is 5.94. The number of aromatic nitrogens is 1. The molecule has 4 rings (SSSR count). The van der Waals surface area contributed by atoms with Crippen molar-refractivity contribution in [2.45, 2.75) is 78.1 Å². The summed E-state index contributed by atoms with van der Waals surface area (Å²) in [5, 5.41) is 13.5. The monoisotopic (exact) mass is 576 g/mol. The number of fused-ring (bicyclic) bond motifs is 1. The van der Waals surface area contributed by atoms with E-state index in [9.17, 15) is 27.9 Å². The van der Waals surface area contributed by atoms with E-state index in [1.54, 1.807) is 27.0 Å². The van der Waals surface area contributed by atoms with Gasteiger partial charge in [-0.2, -0.15) is 13.2 Å². The number of aliphatic hydroxyl groups is 1. The minimum Gasteiger partial charge on any atom is -0.444 e. The average Bonchev–Trinajstić information content (AvgIpc) is 3.23. The van der Waals surface area contributed by atoms with Crippen molar-refractivity contribution in [3.05, 3.63) is 64.5 Å². The number of aliphatic hydroxyl groups excluding tert-OH is 1. The van der Waals surface area contributed by atoms with Crippen LogP contribution in [-0.4, -0.2) is 63.2 Å². The van der Waals surface area contributed by atoms with E-state index in [2.05, 4.69) is 29.0 Å². The summed E-state index contributed by atoms with van der Waals surface area (Å²) in [7, 11) is 0. The summed E-state index contributed by atoms with van der Waals surface area (Å²) in [6.07, 6.45) is -3.56. The molecule has 3 heterocycles. The quantitative estimate of drug-likeness (QED) is 0.494. The number of alkyl halides is 3. The second-order valence-electron chi connectivity index (χ2n) is 12.3. The number of hydrogen-bond donors (Lipinski definition) is 2. The molecule has 0 bridgehead atoms. The number of carbonyl (C=O) groups excluding carboxylic acids is 2. The lowest BCUT2D eigenvalue weighted by molar-refractivity contribution is -0.137. The predicted octanol–water partition coefficient (Wildman–Crippen LogP) is 5.16. The maximum absolute atomic E-state index is 13.0. The van der Waals surface area contributed by atoms with Crippen LogP contribution in [0.1, 0.15) is 79.8 Å². The van der Waals surface area contributed by atoms with E-state index in [1.807, 2.05) is 6.07 Å². The van der Waals surface area contributed by atoms with Gasteiger partial charge in [0.2, 0.25) is 0 Å². The fraction of sp³-hybridized carbons (Fsp3) is 0.567. The van der Waals surface area contributed by atoms with Crippen molar-refractivity contribution in [3.8, 4) is 0 Å². The van der Waals surface area contributed by atoms with Crippen LogP contribution in [0.4, 0.5) is 18.0 Å². The third kappa shape index (κ3) is 7.56. The number of nitrogens with one attached hydrogen (secondary N) is 1. The lowest BCUT2D eigenvalue weighted by Gasteiger charge is -2.36. The molecule has 0 radical (unpaired) electrons. The van der Waals surface area contributed by atoms with Crippen LogP contribution in [0.25, 0.3) is 0 Å². The molecular weight excluding hydrogens is 537 g/mol. The first-order valence-electron chi connectivity index (χ1n) is 14.0. The fourth-order valence-electron chi connectivity index (χ4n) is 5.49. The van der Waals surface area contributed by atoms with Gasteiger partial charge in [-0.1, -0.05) is 26.0 Å². The number of piperidine rings is 1. The van der Waals surface area contributed by atoms with E-state index < -0.39 is 29.5 Å². The Labute approximate surface area is 238 Å². The van der Waals surface area contributed by atoms with E-state index in [-0.39, 0.29) is 36.9 Å². The molecule has 2 aliphatic rings. The third-order valence-corrected chi connectivity index (χ3v) is 7.51. The van der Waals surface area contributed by atoms with Gasteiger partial charge >= 0.3 is 12.3 Å². The van der Waals surface area contributed by atoms with E-state index >= 15 is 0 Å². The summed E-state index contributed by atoms with van der Waals surface area (Å²) in [4.78, 5) is 33.6. The Bertz CT molecular complexity index is 1240. The highest BCUT2D eigenvalue weighted by Gasteiger charge is 2.36. The van der Waals surface area contributed by atoms with Gasteiger partial charge in [-0.15, -0.1) is 0 Å². The summed E-state index contributed by atoms with van der Waals surface area (Å²) in [6, 6.07) is 6.99. The Hall–Kier alpha value is -3.18. The van der Waals surface area contributed by atoms with Crippen molar-refractivity contribution in [3.63, 3.8) is 0 Å². The maximum atomic E-state index is 13.0. The first-order valence-corrected chi connectivity index (χ1v) is 14.0. The van der Waals surface area contributed by atoms with Crippen molar-refractivity contribution >= 4 is 12.0 Å². The average molecular weight is 577 g/mol. The number of hydrogen-bond acceptors (Lipinski definition) is 6. The Morgan fingerprint density at radius 2 is 1.85 bits per heavy atom. The van der Waals surface area contributed by atoms with Crippen molar-refractivity contribution in [1.29, 1.82) is 0 Å². The second kappa shape index (κ2) is 12.0. The molecule has 3 atom stereocenters. The Balaban J connectivity index is 1.36. The number of β-amino-alcohol motifs (C(OH)–C–C–N with tert-alkyl or cyclic N) is 1. The molecule has 2 amide bonds. The second-order valence-corrected chi connectivity index (χ2v) is 12.3. The molecule has 0 spiro atoms. The predicted molar refractivity (Wildman–Crippen MR) is 147 cm³/mol. The Morgan fingerprint density at radius 1 is 1.17 bits per heavy atom. The number of ether oxygens (including phenoxy) is 1. The van der Waals surface area contributed by atoms with Gasteiger partial charge in [0.05, 0.1) is 35.5 Å². The molecule has 2 N–H and O–H groups in total. The maximum Gasteiger partial charge on any atom is 0.416 e. The van der Waals surface area contributed by atoms with Gasteiger partial charge in [0.1, 0.15) is 5.60 Å². The highest BCUT2D eigenvalue weighted by Crippen LogP contribution is 2.39. The zero-order chi connectivity index (χ0) is 30.1. The van der Waals surface area contributed by atoms with Crippen molar-refractivity contribution in [2.24, 2.45) is 11.8 Å². The molecule has 2 aromatic rings. The standard InChI is InChI=1S/C30H39F3N4O4/c1-18(2)26-25-22(16-37(26)15-19-6-8-23(9-7-19)30(31,32)33)12-21(14-34-25)27(39)35-13-20-10-11-36(17-24(20)38)28(40)41-29(3,4)5/h6-9,12,14,18,20,24,26,38H,10-11,13,15-17H2,1-5H3,(H,35,39)/t20-,24+,26?/m0/s1. The molecule has 11 heteroatoms. The molecule has 0 saturated carbocycles. The van der Waals surface area contributed by atoms with Gasteiger partial charge in [0, 0.05) is 38.3 Å². The van der Waals surface area contributed by atoms with Crippen LogP contribution in [0.2, 0.25) is 0 Å². The normalized spacial score (nSPS) is 21.6. The topological polar surface area (TPSA) is 95.0 Å². The highest BCUT2D eigenvalue weighted by atomic mass is 19.4. The minimum absolute atomic E-state index is 0.0327. The minimum atomic E-state index is -4.38. The molecule has 1 unspecified atom stereocenters. The van der Waals surface area contributed by atoms with Gasteiger partial charge in [-0.25, -0.2) is 4.79 Å². The number of carbonyl (C=O) groups is 2. The number of benzene rings is 1. The van der Waals surface area contributed by atoms with Crippen LogP contribution >= 0.6 is 0 Å². The molecule has 1 saturated heterocycles. The number of pyridine rings is 1. The van der Waals surface area contributed by atoms with Gasteiger partial charge in [-0.3, -0.25) is 14.7 Å². The van der Waals surface area contributed by atoms with E-state index in [0.29, 0.717) is 31.6 Å². The zero-order valence-electron chi connectivity index (χ0n) is 24.2. The Kier molecular flexibility index (Phi) is 8.98. The van der Waals surface area contributed by atoms with Gasteiger partial charge < -0.3 is 20.1 Å². The number of amides is 2. The molecule has 224 valence electrons. The zero-order valence-corrected chi connectivity index (χ0v) is 24.2. The first-order chi connectivity index (χ1) is 19.1. The summed E-state index contributed by atoms with van der Waals surface area (Å²) >= 11 is 0. The van der Waals surface area contributed by atoms with Crippen LogP contribution in [-0.2, 0) is 24.0 Å². The third-order valence-electron chi connectivity index (χ3n) is 7.51. The van der Waals surface area contributed by atoms with Gasteiger partial charge in [0.25, 0.3) is 5.91 Å². The fourth-order valence-corrected chi connectivity index (χ4v) is 5.49. The van der Waals surface area contributed by atoms with Crippen molar-refractivity contribution < 1.29 is 32.6 Å². The molecule has 2 aliphatic heterocycles. The molecular formula is C30H39F3N4O4. The molecule has 1 fully saturated rings. The number of halogens is 3. The lowest BCUT2D eigenvalue weighted by atomic mass is 9.94. The summed E-state index contributed by atoms with van der Waals surface area (Å²) in [5.41, 5.74) is 1.66. The summed E-state index contributed by atoms with van der Waals surface area (Å²) in [6.45, 7) is 11.3. The number of likely N-dealkylation sites (tertiary alicyclic amines) is 1. The van der Waals surface area contributed by atoms with Gasteiger partial charge in [-0.05, 0) is 62.4 Å². The molecule has 41 heavy (non-hydrogen) atoms. The van der Waals surface area contributed by atoms with E-state index in [4.69, 9.17) is 4.74 Å². The molecule has 1 aromatic carbocycles. The van der Waals surface area contributed by atoms with E-state index in [1.165, 1.54) is 17.0 Å². The van der Waals surface area contributed by atoms with Crippen molar-refractivity contribution in [1.82, 2.24) is 20.1 Å². The van der Waals surface area contributed by atoms with Crippen LogP contribution in [0, 0.1) is 11.8 Å². The number of rotatable bonds is 6. The molecule has 1 aromatic heterocycles. The molecule has 0 aliphatic carbocycles.